The van der Waals surface area contributed by atoms with Crippen molar-refractivity contribution in [3.05, 3.63) is 35.4 Å². The van der Waals surface area contributed by atoms with E-state index in [0.29, 0.717) is 0 Å². The van der Waals surface area contributed by atoms with Crippen molar-refractivity contribution in [2.24, 2.45) is 4.99 Å². The standard InChI is InChI=1S/C23H39N5O/c1-24-22(25-17-20-7-9-21(10-8-20)18-27(2)3)26-19-23(11-5-4-6-12-23)28-13-15-29-16-14-28/h7-10H,4-6,11-19H2,1-3H3,(H2,24,25,26). The lowest BCUT2D eigenvalue weighted by Crippen LogP contribution is -2.60. The molecule has 0 bridgehead atoms. The smallest absolute Gasteiger partial charge is 0.191 e. The van der Waals surface area contributed by atoms with Gasteiger partial charge in [0.05, 0.1) is 13.2 Å². The molecule has 0 amide bonds. The molecule has 0 radical (unpaired) electrons. The summed E-state index contributed by atoms with van der Waals surface area (Å²) in [4.78, 5) is 9.32. The summed E-state index contributed by atoms with van der Waals surface area (Å²) in [6, 6.07) is 8.83. The van der Waals surface area contributed by atoms with Gasteiger partial charge in [0, 0.05) is 45.3 Å². The first kappa shape index (κ1) is 22.1. The lowest BCUT2D eigenvalue weighted by atomic mass is 9.80. The second-order valence-electron chi connectivity index (χ2n) is 8.72. The van der Waals surface area contributed by atoms with Crippen LogP contribution in [0.3, 0.4) is 0 Å². The number of benzene rings is 1. The third-order valence-electron chi connectivity index (χ3n) is 6.26. The van der Waals surface area contributed by atoms with Gasteiger partial charge in [0.15, 0.2) is 5.96 Å². The van der Waals surface area contributed by atoms with E-state index in [1.807, 2.05) is 7.05 Å². The second kappa shape index (κ2) is 11.0. The predicted octanol–water partition coefficient (Wildman–Crippen LogP) is 2.45. The molecule has 2 N–H and O–H groups in total. The fraction of sp³-hybridized carbons (Fsp3) is 0.696. The zero-order valence-electron chi connectivity index (χ0n) is 18.5. The summed E-state index contributed by atoms with van der Waals surface area (Å²) in [6.07, 6.45) is 6.55. The number of hydrogen-bond acceptors (Lipinski definition) is 4. The maximum atomic E-state index is 5.60. The average molecular weight is 402 g/mol. The van der Waals surface area contributed by atoms with Crippen molar-refractivity contribution >= 4 is 5.96 Å². The molecular weight excluding hydrogens is 362 g/mol. The maximum Gasteiger partial charge on any atom is 0.191 e. The van der Waals surface area contributed by atoms with Crippen molar-refractivity contribution in [2.45, 2.75) is 50.7 Å². The van der Waals surface area contributed by atoms with Gasteiger partial charge in [-0.05, 0) is 38.1 Å². The molecule has 1 aromatic carbocycles. The largest absolute Gasteiger partial charge is 0.379 e. The molecule has 0 aromatic heterocycles. The average Bonchev–Trinajstić information content (AvgIpc) is 2.76. The molecule has 6 nitrogen and oxygen atoms in total. The fourth-order valence-corrected chi connectivity index (χ4v) is 4.63. The van der Waals surface area contributed by atoms with E-state index in [-0.39, 0.29) is 5.54 Å². The van der Waals surface area contributed by atoms with E-state index in [1.165, 1.54) is 43.2 Å². The van der Waals surface area contributed by atoms with Gasteiger partial charge in [-0.25, -0.2) is 0 Å². The highest BCUT2D eigenvalue weighted by Crippen LogP contribution is 2.33. The van der Waals surface area contributed by atoms with Crippen LogP contribution in [0.4, 0.5) is 0 Å². The molecule has 0 spiro atoms. The van der Waals surface area contributed by atoms with Gasteiger partial charge in [0.2, 0.25) is 0 Å². The zero-order valence-corrected chi connectivity index (χ0v) is 18.5. The highest BCUT2D eigenvalue weighted by atomic mass is 16.5. The summed E-state index contributed by atoms with van der Waals surface area (Å²) >= 11 is 0. The van der Waals surface area contributed by atoms with Gasteiger partial charge in [-0.15, -0.1) is 0 Å². The van der Waals surface area contributed by atoms with Crippen LogP contribution in [-0.2, 0) is 17.8 Å². The number of morpholine rings is 1. The molecule has 162 valence electrons. The van der Waals surface area contributed by atoms with Crippen LogP contribution in [0.5, 0.6) is 0 Å². The van der Waals surface area contributed by atoms with E-state index in [4.69, 9.17) is 4.74 Å². The molecule has 0 atom stereocenters. The SMILES string of the molecule is CN=C(NCc1ccc(CN(C)C)cc1)NCC1(N2CCOCC2)CCCCC1. The van der Waals surface area contributed by atoms with Crippen LogP contribution in [-0.4, -0.2) is 75.3 Å². The van der Waals surface area contributed by atoms with Crippen LogP contribution in [0.2, 0.25) is 0 Å². The molecule has 1 aliphatic carbocycles. The van der Waals surface area contributed by atoms with Gasteiger partial charge in [-0.1, -0.05) is 43.5 Å². The third-order valence-corrected chi connectivity index (χ3v) is 6.26. The number of guanidine groups is 1. The minimum Gasteiger partial charge on any atom is -0.379 e. The number of hydrogen-bond donors (Lipinski definition) is 2. The molecule has 3 rings (SSSR count). The molecule has 2 aliphatic rings. The summed E-state index contributed by atoms with van der Waals surface area (Å²) in [5.41, 5.74) is 2.86. The molecule has 1 heterocycles. The van der Waals surface area contributed by atoms with Crippen LogP contribution in [0.25, 0.3) is 0 Å². The van der Waals surface area contributed by atoms with Crippen LogP contribution >= 0.6 is 0 Å². The summed E-state index contributed by atoms with van der Waals surface area (Å²) < 4.78 is 5.60. The Morgan fingerprint density at radius 2 is 1.69 bits per heavy atom. The Balaban J connectivity index is 1.53. The van der Waals surface area contributed by atoms with Gasteiger partial charge < -0.3 is 20.3 Å². The number of rotatable bonds is 7. The highest BCUT2D eigenvalue weighted by molar-refractivity contribution is 5.79. The van der Waals surface area contributed by atoms with E-state index >= 15 is 0 Å². The molecular formula is C23H39N5O. The number of ether oxygens (including phenoxy) is 1. The number of nitrogens with zero attached hydrogens (tertiary/aromatic N) is 3. The van der Waals surface area contributed by atoms with Crippen LogP contribution in [0.15, 0.2) is 29.3 Å². The summed E-state index contributed by atoms with van der Waals surface area (Å²) in [7, 11) is 6.06. The van der Waals surface area contributed by atoms with Gasteiger partial charge in [-0.3, -0.25) is 9.89 Å². The van der Waals surface area contributed by atoms with E-state index < -0.39 is 0 Å². The van der Waals surface area contributed by atoms with Gasteiger partial charge in [0.1, 0.15) is 0 Å². The third kappa shape index (κ3) is 6.43. The minimum absolute atomic E-state index is 0.244. The summed E-state index contributed by atoms with van der Waals surface area (Å²) in [5.74, 6) is 0.889. The molecule has 1 saturated carbocycles. The van der Waals surface area contributed by atoms with E-state index in [2.05, 4.69) is 63.8 Å². The normalized spacial score (nSPS) is 20.6. The minimum atomic E-state index is 0.244. The van der Waals surface area contributed by atoms with Crippen molar-refractivity contribution in [1.82, 2.24) is 20.4 Å². The van der Waals surface area contributed by atoms with Crippen molar-refractivity contribution < 1.29 is 4.74 Å². The Morgan fingerprint density at radius 3 is 2.31 bits per heavy atom. The molecule has 2 fully saturated rings. The number of nitrogens with one attached hydrogen (secondary N) is 2. The van der Waals surface area contributed by atoms with E-state index in [1.54, 1.807) is 0 Å². The first-order valence-electron chi connectivity index (χ1n) is 11.1. The molecule has 6 heteroatoms. The van der Waals surface area contributed by atoms with Crippen LogP contribution < -0.4 is 10.6 Å². The Kier molecular flexibility index (Phi) is 8.33. The van der Waals surface area contributed by atoms with Crippen molar-refractivity contribution in [3.63, 3.8) is 0 Å². The Hall–Kier alpha value is -1.63. The summed E-state index contributed by atoms with van der Waals surface area (Å²) in [5, 5.41) is 7.13. The fourth-order valence-electron chi connectivity index (χ4n) is 4.63. The van der Waals surface area contributed by atoms with Gasteiger partial charge in [0.25, 0.3) is 0 Å². The number of aliphatic imine (C=N–C) groups is 1. The molecule has 29 heavy (non-hydrogen) atoms. The molecule has 1 aromatic rings. The van der Waals surface area contributed by atoms with E-state index in [9.17, 15) is 0 Å². The first-order valence-corrected chi connectivity index (χ1v) is 11.1. The topological polar surface area (TPSA) is 52.1 Å². The molecule has 1 aliphatic heterocycles. The monoisotopic (exact) mass is 401 g/mol. The maximum absolute atomic E-state index is 5.60. The van der Waals surface area contributed by atoms with Crippen molar-refractivity contribution in [2.75, 3.05) is 54.0 Å². The quantitative estimate of drug-likeness (QED) is 0.543. The van der Waals surface area contributed by atoms with Crippen molar-refractivity contribution in [1.29, 1.82) is 0 Å². The molecule has 0 unspecified atom stereocenters. The highest BCUT2D eigenvalue weighted by Gasteiger charge is 2.38. The van der Waals surface area contributed by atoms with Crippen LogP contribution in [0.1, 0.15) is 43.2 Å². The van der Waals surface area contributed by atoms with Crippen LogP contribution in [0, 0.1) is 0 Å². The summed E-state index contributed by atoms with van der Waals surface area (Å²) in [6.45, 7) is 6.53. The van der Waals surface area contributed by atoms with E-state index in [0.717, 1.165) is 51.9 Å². The lowest BCUT2D eigenvalue weighted by molar-refractivity contribution is -0.0352. The molecule has 1 saturated heterocycles. The Morgan fingerprint density at radius 1 is 1.03 bits per heavy atom. The second-order valence-corrected chi connectivity index (χ2v) is 8.72. The Bertz CT molecular complexity index is 631. The lowest BCUT2D eigenvalue weighted by Gasteiger charge is -2.48. The zero-order chi connectivity index (χ0) is 20.5. The predicted molar refractivity (Wildman–Crippen MR) is 120 cm³/mol. The Labute approximate surface area is 176 Å². The van der Waals surface area contributed by atoms with Gasteiger partial charge >= 0.3 is 0 Å². The van der Waals surface area contributed by atoms with Gasteiger partial charge in [-0.2, -0.15) is 0 Å². The van der Waals surface area contributed by atoms with Crippen molar-refractivity contribution in [3.8, 4) is 0 Å². The first-order chi connectivity index (χ1) is 14.1.